The van der Waals surface area contributed by atoms with Gasteiger partial charge in [-0.15, -0.1) is 0 Å². The molecule has 1 aliphatic rings. The number of rotatable bonds is 3. The van der Waals surface area contributed by atoms with E-state index in [2.05, 4.69) is 15.3 Å². The van der Waals surface area contributed by atoms with Gasteiger partial charge in [-0.25, -0.2) is 0 Å². The van der Waals surface area contributed by atoms with Crippen molar-refractivity contribution < 1.29 is 0 Å². The van der Waals surface area contributed by atoms with Crippen molar-refractivity contribution in [3.05, 3.63) is 16.9 Å². The van der Waals surface area contributed by atoms with Crippen molar-refractivity contribution in [3.63, 3.8) is 0 Å². The maximum Gasteiger partial charge on any atom is 0.0814 e. The van der Waals surface area contributed by atoms with Crippen molar-refractivity contribution in [2.45, 2.75) is 13.5 Å². The Hall–Kier alpha value is -0.580. The summed E-state index contributed by atoms with van der Waals surface area (Å²) in [6.45, 7) is 8.45. The molecule has 0 amide bonds. The molecule has 0 bridgehead atoms. The number of piperazine rings is 1. The third-order valence-corrected chi connectivity index (χ3v) is 3.25. The van der Waals surface area contributed by atoms with E-state index in [0.717, 1.165) is 50.0 Å². The van der Waals surface area contributed by atoms with Crippen LogP contribution >= 0.6 is 11.6 Å². The highest BCUT2D eigenvalue weighted by molar-refractivity contribution is 6.31. The summed E-state index contributed by atoms with van der Waals surface area (Å²) in [5.41, 5.74) is 1.06. The van der Waals surface area contributed by atoms with E-state index >= 15 is 0 Å². The van der Waals surface area contributed by atoms with Crippen LogP contribution in [0.3, 0.4) is 0 Å². The molecule has 0 saturated carbocycles. The fraction of sp³-hybridized carbons (Fsp3) is 0.700. The summed E-state index contributed by atoms with van der Waals surface area (Å²) < 4.78 is 1.98. The molecular weight excluding hydrogens is 212 g/mol. The molecule has 0 atom stereocenters. The number of hydrogen-bond acceptors (Lipinski definition) is 3. The van der Waals surface area contributed by atoms with Crippen LogP contribution in [-0.2, 0) is 6.54 Å². The Balaban J connectivity index is 1.84. The van der Waals surface area contributed by atoms with Crippen molar-refractivity contribution in [2.75, 3.05) is 32.7 Å². The molecule has 0 spiro atoms. The van der Waals surface area contributed by atoms with Crippen molar-refractivity contribution in [2.24, 2.45) is 0 Å². The van der Waals surface area contributed by atoms with E-state index < -0.39 is 0 Å². The number of halogens is 1. The topological polar surface area (TPSA) is 33.1 Å². The third-order valence-electron chi connectivity index (χ3n) is 2.88. The summed E-state index contributed by atoms with van der Waals surface area (Å²) in [6, 6.07) is 0. The highest BCUT2D eigenvalue weighted by Crippen LogP contribution is 2.12. The second-order valence-electron chi connectivity index (χ2n) is 3.89. The molecule has 1 aromatic rings. The Labute approximate surface area is 95.2 Å². The first-order valence-corrected chi connectivity index (χ1v) is 5.76. The molecule has 5 heteroatoms. The average Bonchev–Trinajstić information content (AvgIpc) is 2.59. The first-order valence-electron chi connectivity index (χ1n) is 5.38. The maximum atomic E-state index is 5.94. The van der Waals surface area contributed by atoms with Crippen LogP contribution in [0.25, 0.3) is 0 Å². The summed E-state index contributed by atoms with van der Waals surface area (Å²) in [5, 5.41) is 8.34. The standard InChI is InChI=1S/C10H17ClN4/c1-9-10(11)8-13-15(9)7-6-14-4-2-12-3-5-14/h8,12H,2-7H2,1H3. The summed E-state index contributed by atoms with van der Waals surface area (Å²) in [7, 11) is 0. The number of hydrogen-bond donors (Lipinski definition) is 1. The Bertz CT molecular complexity index is 317. The molecule has 2 rings (SSSR count). The molecule has 2 heterocycles. The molecule has 4 nitrogen and oxygen atoms in total. The van der Waals surface area contributed by atoms with Crippen LogP contribution in [0.2, 0.25) is 5.02 Å². The van der Waals surface area contributed by atoms with Gasteiger partial charge in [0.15, 0.2) is 0 Å². The minimum atomic E-state index is 0.760. The largest absolute Gasteiger partial charge is 0.314 e. The van der Waals surface area contributed by atoms with E-state index in [0.29, 0.717) is 0 Å². The van der Waals surface area contributed by atoms with E-state index in [-0.39, 0.29) is 0 Å². The number of aromatic nitrogens is 2. The molecule has 0 aromatic carbocycles. The summed E-state index contributed by atoms with van der Waals surface area (Å²) in [6.07, 6.45) is 1.72. The van der Waals surface area contributed by atoms with Gasteiger partial charge in [0.05, 0.1) is 23.5 Å². The molecule has 84 valence electrons. The quantitative estimate of drug-likeness (QED) is 0.829. The van der Waals surface area contributed by atoms with Gasteiger partial charge in [-0.1, -0.05) is 11.6 Å². The third kappa shape index (κ3) is 2.71. The normalized spacial score (nSPS) is 18.3. The summed E-state index contributed by atoms with van der Waals surface area (Å²) in [5.74, 6) is 0. The lowest BCUT2D eigenvalue weighted by Gasteiger charge is -2.27. The zero-order valence-electron chi connectivity index (χ0n) is 9.04. The van der Waals surface area contributed by atoms with Crippen molar-refractivity contribution in [3.8, 4) is 0 Å². The van der Waals surface area contributed by atoms with Gasteiger partial charge >= 0.3 is 0 Å². The molecular formula is C10H17ClN4. The van der Waals surface area contributed by atoms with Gasteiger partial charge in [-0.3, -0.25) is 9.58 Å². The predicted octanol–water partition coefficient (Wildman–Crippen LogP) is 0.750. The Morgan fingerprint density at radius 3 is 2.73 bits per heavy atom. The monoisotopic (exact) mass is 228 g/mol. The van der Waals surface area contributed by atoms with Gasteiger partial charge in [-0.05, 0) is 6.92 Å². The molecule has 1 N–H and O–H groups in total. The zero-order valence-corrected chi connectivity index (χ0v) is 9.80. The second kappa shape index (κ2) is 4.96. The van der Waals surface area contributed by atoms with Crippen LogP contribution in [0.1, 0.15) is 5.69 Å². The van der Waals surface area contributed by atoms with Gasteiger partial charge in [0.25, 0.3) is 0 Å². The van der Waals surface area contributed by atoms with Crippen LogP contribution < -0.4 is 5.32 Å². The molecule has 0 radical (unpaired) electrons. The van der Waals surface area contributed by atoms with Gasteiger partial charge in [0, 0.05) is 32.7 Å². The molecule has 0 aliphatic carbocycles. The summed E-state index contributed by atoms with van der Waals surface area (Å²) >= 11 is 5.94. The fourth-order valence-electron chi connectivity index (χ4n) is 1.82. The second-order valence-corrected chi connectivity index (χ2v) is 4.30. The first-order chi connectivity index (χ1) is 7.27. The Morgan fingerprint density at radius 1 is 1.40 bits per heavy atom. The molecule has 1 saturated heterocycles. The van der Waals surface area contributed by atoms with E-state index in [9.17, 15) is 0 Å². The SMILES string of the molecule is Cc1c(Cl)cnn1CCN1CCNCC1. The molecule has 0 unspecified atom stereocenters. The number of nitrogens with zero attached hydrogens (tertiary/aromatic N) is 3. The minimum Gasteiger partial charge on any atom is -0.314 e. The lowest BCUT2D eigenvalue weighted by molar-refractivity contribution is 0.228. The average molecular weight is 229 g/mol. The van der Waals surface area contributed by atoms with Crippen molar-refractivity contribution in [1.82, 2.24) is 20.0 Å². The van der Waals surface area contributed by atoms with Gasteiger partial charge < -0.3 is 5.32 Å². The van der Waals surface area contributed by atoms with E-state index in [1.165, 1.54) is 0 Å². The first kappa shape index (κ1) is 10.9. The highest BCUT2D eigenvalue weighted by atomic mass is 35.5. The van der Waals surface area contributed by atoms with Gasteiger partial charge in [-0.2, -0.15) is 5.10 Å². The van der Waals surface area contributed by atoms with Gasteiger partial charge in [0.1, 0.15) is 0 Å². The van der Waals surface area contributed by atoms with Crippen molar-refractivity contribution in [1.29, 1.82) is 0 Å². The predicted molar refractivity (Wildman–Crippen MR) is 61.3 cm³/mol. The fourth-order valence-corrected chi connectivity index (χ4v) is 1.96. The Morgan fingerprint density at radius 2 is 2.13 bits per heavy atom. The molecule has 1 aromatic heterocycles. The number of nitrogens with one attached hydrogen (secondary N) is 1. The van der Waals surface area contributed by atoms with E-state index in [1.54, 1.807) is 6.20 Å². The Kier molecular flexibility index (Phi) is 3.61. The highest BCUT2D eigenvalue weighted by Gasteiger charge is 2.10. The smallest absolute Gasteiger partial charge is 0.0814 e. The van der Waals surface area contributed by atoms with Crippen molar-refractivity contribution >= 4 is 11.6 Å². The van der Waals surface area contributed by atoms with Crippen LogP contribution in [0, 0.1) is 6.92 Å². The van der Waals surface area contributed by atoms with E-state index in [1.807, 2.05) is 11.6 Å². The van der Waals surface area contributed by atoms with E-state index in [4.69, 9.17) is 11.6 Å². The summed E-state index contributed by atoms with van der Waals surface area (Å²) in [4.78, 5) is 2.45. The van der Waals surface area contributed by atoms with Crippen LogP contribution in [0.5, 0.6) is 0 Å². The molecule has 1 aliphatic heterocycles. The molecule has 1 fully saturated rings. The van der Waals surface area contributed by atoms with Crippen LogP contribution in [0.4, 0.5) is 0 Å². The van der Waals surface area contributed by atoms with Crippen LogP contribution in [-0.4, -0.2) is 47.4 Å². The minimum absolute atomic E-state index is 0.760. The molecule has 15 heavy (non-hydrogen) atoms. The van der Waals surface area contributed by atoms with Crippen LogP contribution in [0.15, 0.2) is 6.20 Å². The lowest BCUT2D eigenvalue weighted by Crippen LogP contribution is -2.44. The maximum absolute atomic E-state index is 5.94. The van der Waals surface area contributed by atoms with Gasteiger partial charge in [0.2, 0.25) is 0 Å². The zero-order chi connectivity index (χ0) is 10.7. The lowest BCUT2D eigenvalue weighted by atomic mass is 10.3.